The van der Waals surface area contributed by atoms with E-state index in [2.05, 4.69) is 21.6 Å². The van der Waals surface area contributed by atoms with Crippen LogP contribution < -0.4 is 10.6 Å². The van der Waals surface area contributed by atoms with Gasteiger partial charge in [-0.15, -0.1) is 0 Å². The number of rotatable bonds is 4. The number of hydrogen-bond acceptors (Lipinski definition) is 2. The van der Waals surface area contributed by atoms with Crippen LogP contribution in [-0.2, 0) is 0 Å². The molecule has 0 unspecified atom stereocenters. The lowest BCUT2D eigenvalue weighted by molar-refractivity contribution is 0.205. The van der Waals surface area contributed by atoms with Crippen molar-refractivity contribution in [2.24, 2.45) is 0 Å². The Morgan fingerprint density at radius 2 is 1.85 bits per heavy atom. The van der Waals surface area contributed by atoms with Crippen molar-refractivity contribution >= 4 is 34.9 Å². The fourth-order valence-corrected chi connectivity index (χ4v) is 4.15. The Balaban J connectivity index is 1.40. The zero-order valence-corrected chi connectivity index (χ0v) is 17.3. The molecule has 0 saturated carbocycles. The molecule has 0 bridgehead atoms. The maximum Gasteiger partial charge on any atom is 0.319 e. The van der Waals surface area contributed by atoms with Crippen molar-refractivity contribution in [3.05, 3.63) is 39.9 Å². The van der Waals surface area contributed by atoms with Crippen LogP contribution in [0.25, 0.3) is 0 Å². The van der Waals surface area contributed by atoms with Gasteiger partial charge in [0.2, 0.25) is 0 Å². The van der Waals surface area contributed by atoms with Crippen molar-refractivity contribution in [1.82, 2.24) is 10.2 Å². The molecule has 1 aliphatic heterocycles. The number of allylic oxidation sites excluding steroid dienone is 1. The van der Waals surface area contributed by atoms with E-state index in [9.17, 15) is 4.79 Å². The van der Waals surface area contributed by atoms with E-state index in [0.717, 1.165) is 32.5 Å². The number of amides is 2. The van der Waals surface area contributed by atoms with E-state index in [0.29, 0.717) is 15.7 Å². The maximum atomic E-state index is 12.2. The number of hydrogen-bond donors (Lipinski definition) is 2. The molecule has 2 aliphatic rings. The average molecular weight is 410 g/mol. The van der Waals surface area contributed by atoms with Crippen molar-refractivity contribution in [1.29, 1.82) is 0 Å². The third-order valence-corrected chi connectivity index (χ3v) is 6.15. The summed E-state index contributed by atoms with van der Waals surface area (Å²) in [5, 5.41) is 6.82. The van der Waals surface area contributed by atoms with Gasteiger partial charge < -0.3 is 10.6 Å². The minimum absolute atomic E-state index is 0.186. The van der Waals surface area contributed by atoms with Crippen LogP contribution in [0.4, 0.5) is 10.5 Å². The molecule has 1 fully saturated rings. The molecule has 6 heteroatoms. The van der Waals surface area contributed by atoms with Gasteiger partial charge >= 0.3 is 6.03 Å². The number of urea groups is 1. The van der Waals surface area contributed by atoms with E-state index in [1.165, 1.54) is 38.5 Å². The fourth-order valence-electron chi connectivity index (χ4n) is 3.85. The van der Waals surface area contributed by atoms with Crippen LogP contribution >= 0.6 is 23.2 Å². The minimum Gasteiger partial charge on any atom is -0.335 e. The lowest BCUT2D eigenvalue weighted by Crippen LogP contribution is -2.46. The molecule has 0 spiro atoms. The molecule has 1 aromatic carbocycles. The van der Waals surface area contributed by atoms with Crippen molar-refractivity contribution < 1.29 is 4.79 Å². The zero-order chi connectivity index (χ0) is 19.1. The number of anilines is 1. The lowest BCUT2D eigenvalue weighted by Gasteiger charge is -2.33. The smallest absolute Gasteiger partial charge is 0.319 e. The molecular weight excluding hydrogens is 381 g/mol. The first-order chi connectivity index (χ1) is 13.1. The Morgan fingerprint density at radius 3 is 2.63 bits per heavy atom. The summed E-state index contributed by atoms with van der Waals surface area (Å²) in [4.78, 5) is 14.8. The second-order valence-corrected chi connectivity index (χ2v) is 8.41. The van der Waals surface area contributed by atoms with E-state index in [-0.39, 0.29) is 12.1 Å². The molecule has 1 aliphatic carbocycles. The quantitative estimate of drug-likeness (QED) is 0.611. The summed E-state index contributed by atoms with van der Waals surface area (Å²) in [5.74, 6) is 0. The van der Waals surface area contributed by atoms with Gasteiger partial charge in [0, 0.05) is 31.4 Å². The second kappa shape index (κ2) is 10.4. The predicted molar refractivity (Wildman–Crippen MR) is 114 cm³/mol. The van der Waals surface area contributed by atoms with Crippen molar-refractivity contribution in [3.8, 4) is 0 Å². The fraction of sp³-hybridized carbons (Fsp3) is 0.571. The van der Waals surface area contributed by atoms with Gasteiger partial charge in [0.25, 0.3) is 0 Å². The zero-order valence-electron chi connectivity index (χ0n) is 15.8. The molecule has 4 nitrogen and oxygen atoms in total. The first-order valence-electron chi connectivity index (χ1n) is 10.0. The van der Waals surface area contributed by atoms with E-state index >= 15 is 0 Å². The summed E-state index contributed by atoms with van der Waals surface area (Å²) in [6, 6.07) is 5.13. The van der Waals surface area contributed by atoms with Crippen LogP contribution in [0.5, 0.6) is 0 Å². The highest BCUT2D eigenvalue weighted by Gasteiger charge is 2.21. The minimum atomic E-state index is -0.186. The van der Waals surface area contributed by atoms with Crippen molar-refractivity contribution in [2.75, 3.05) is 25.0 Å². The number of piperidine rings is 1. The number of benzene rings is 1. The predicted octanol–water partition coefficient (Wildman–Crippen LogP) is 5.86. The molecule has 2 N–H and O–H groups in total. The van der Waals surface area contributed by atoms with Gasteiger partial charge in [-0.3, -0.25) is 4.90 Å². The number of carbonyl (C=O) groups excluding carboxylic acids is 1. The highest BCUT2D eigenvalue weighted by molar-refractivity contribution is 6.42. The molecule has 1 heterocycles. The second-order valence-electron chi connectivity index (χ2n) is 7.59. The van der Waals surface area contributed by atoms with Crippen LogP contribution in [0.15, 0.2) is 29.8 Å². The molecule has 0 radical (unpaired) electrons. The van der Waals surface area contributed by atoms with Crippen molar-refractivity contribution in [3.63, 3.8) is 0 Å². The van der Waals surface area contributed by atoms with Crippen LogP contribution in [0.3, 0.4) is 0 Å². The molecule has 148 valence electrons. The van der Waals surface area contributed by atoms with Gasteiger partial charge in [0.05, 0.1) is 10.0 Å². The Labute approximate surface area is 172 Å². The topological polar surface area (TPSA) is 44.4 Å². The Morgan fingerprint density at radius 1 is 1.07 bits per heavy atom. The van der Waals surface area contributed by atoms with E-state index in [4.69, 9.17) is 23.2 Å². The lowest BCUT2D eigenvalue weighted by atomic mass is 9.98. The van der Waals surface area contributed by atoms with Gasteiger partial charge in [-0.1, -0.05) is 47.7 Å². The largest absolute Gasteiger partial charge is 0.335 e. The van der Waals surface area contributed by atoms with E-state index < -0.39 is 0 Å². The molecule has 1 saturated heterocycles. The Kier molecular flexibility index (Phi) is 7.86. The third kappa shape index (κ3) is 6.70. The monoisotopic (exact) mass is 409 g/mol. The molecule has 27 heavy (non-hydrogen) atoms. The normalized spacial score (nSPS) is 19.7. The third-order valence-electron chi connectivity index (χ3n) is 5.41. The summed E-state index contributed by atoms with van der Waals surface area (Å²) in [6.45, 7) is 3.17. The molecule has 2 amide bonds. The molecular formula is C21H29Cl2N3O. The molecule has 3 rings (SSSR count). The van der Waals surface area contributed by atoms with Crippen LogP contribution in [0.1, 0.15) is 51.4 Å². The van der Waals surface area contributed by atoms with Gasteiger partial charge in [0.1, 0.15) is 0 Å². The summed E-state index contributed by atoms with van der Waals surface area (Å²) in [6.07, 6.45) is 12.4. The summed E-state index contributed by atoms with van der Waals surface area (Å²) < 4.78 is 0. The first kappa shape index (κ1) is 20.5. The molecule has 0 atom stereocenters. The standard InChI is InChI=1S/C21H29Cl2N3O/c22-19-9-8-18(14-20(19)23)25-21(27)24-17-10-12-26(13-11-17)15-16-6-4-2-1-3-5-7-16/h6,8-9,14,17H,1-5,7,10-13,15H2,(H2,24,25,27). The van der Waals surface area contributed by atoms with Crippen molar-refractivity contribution in [2.45, 2.75) is 57.4 Å². The number of nitrogens with one attached hydrogen (secondary N) is 2. The van der Waals surface area contributed by atoms with E-state index in [1.807, 2.05) is 0 Å². The maximum absolute atomic E-state index is 12.2. The molecule has 1 aromatic rings. The number of likely N-dealkylation sites (tertiary alicyclic amines) is 1. The Bertz CT molecular complexity index is 669. The highest BCUT2D eigenvalue weighted by Crippen LogP contribution is 2.25. The van der Waals surface area contributed by atoms with Crippen LogP contribution in [-0.4, -0.2) is 36.6 Å². The van der Waals surface area contributed by atoms with Crippen LogP contribution in [0.2, 0.25) is 10.0 Å². The Hall–Kier alpha value is -1.23. The average Bonchev–Trinajstić information content (AvgIpc) is 2.62. The van der Waals surface area contributed by atoms with E-state index in [1.54, 1.807) is 23.8 Å². The van der Waals surface area contributed by atoms with Gasteiger partial charge in [-0.2, -0.15) is 0 Å². The molecule has 0 aromatic heterocycles. The van der Waals surface area contributed by atoms with Gasteiger partial charge in [-0.25, -0.2) is 4.79 Å². The number of halogens is 2. The van der Waals surface area contributed by atoms with Gasteiger partial charge in [0.15, 0.2) is 0 Å². The SMILES string of the molecule is O=C(Nc1ccc(Cl)c(Cl)c1)NC1CCN(CC2=CCCCCCC2)CC1. The first-order valence-corrected chi connectivity index (χ1v) is 10.8. The number of nitrogens with zero attached hydrogens (tertiary/aromatic N) is 1. The van der Waals surface area contributed by atoms with Crippen LogP contribution in [0, 0.1) is 0 Å². The summed E-state index contributed by atoms with van der Waals surface area (Å²) in [7, 11) is 0. The summed E-state index contributed by atoms with van der Waals surface area (Å²) in [5.41, 5.74) is 2.26. The van der Waals surface area contributed by atoms with Gasteiger partial charge in [-0.05, 0) is 56.7 Å². The summed E-state index contributed by atoms with van der Waals surface area (Å²) >= 11 is 11.9. The highest BCUT2D eigenvalue weighted by atomic mass is 35.5. The number of carbonyl (C=O) groups is 1.